The number of piperidine rings is 1. The van der Waals surface area contributed by atoms with E-state index in [1.807, 2.05) is 0 Å². The van der Waals surface area contributed by atoms with E-state index in [0.717, 1.165) is 36.9 Å². The number of ketones is 1. The van der Waals surface area contributed by atoms with Crippen LogP contribution >= 0.6 is 11.9 Å². The normalized spacial score (nSPS) is 21.9. The van der Waals surface area contributed by atoms with Crippen molar-refractivity contribution in [2.24, 2.45) is 5.41 Å². The van der Waals surface area contributed by atoms with Crippen LogP contribution in [0, 0.1) is 12.3 Å². The third kappa shape index (κ3) is 3.15. The summed E-state index contributed by atoms with van der Waals surface area (Å²) in [6, 6.07) is 2.53. The number of pyridine rings is 1. The smallest absolute Gasteiger partial charge is 0.300 e. The Labute approximate surface area is 131 Å². The second-order valence-electron chi connectivity index (χ2n) is 6.19. The van der Waals surface area contributed by atoms with Gasteiger partial charge in [-0.25, -0.2) is 9.29 Å². The number of carbonyl (C=O) groups excluding carboxylic acids is 1. The van der Waals surface area contributed by atoms with Gasteiger partial charge in [0.25, 0.3) is 0 Å². The number of alkyl halides is 3. The fourth-order valence-electron chi connectivity index (χ4n) is 3.13. The van der Waals surface area contributed by atoms with Gasteiger partial charge in [0.05, 0.1) is 5.69 Å². The van der Waals surface area contributed by atoms with Gasteiger partial charge in [-0.15, -0.1) is 0 Å². The minimum Gasteiger partial charge on any atom is -0.300 e. The molecule has 0 aromatic carbocycles. The van der Waals surface area contributed by atoms with Crippen molar-refractivity contribution in [1.29, 1.82) is 0 Å². The zero-order chi connectivity index (χ0) is 16.0. The van der Waals surface area contributed by atoms with Gasteiger partial charge in [-0.05, 0) is 49.3 Å². The molecule has 0 unspecified atom stereocenters. The first-order valence-corrected chi connectivity index (χ1v) is 8.04. The molecule has 0 amide bonds. The molecule has 0 N–H and O–H groups in total. The molecule has 22 heavy (non-hydrogen) atoms. The van der Waals surface area contributed by atoms with Gasteiger partial charge < -0.3 is 0 Å². The molecule has 120 valence electrons. The molecule has 0 radical (unpaired) electrons. The maximum Gasteiger partial charge on any atom is 0.433 e. The van der Waals surface area contributed by atoms with Crippen LogP contribution in [0.3, 0.4) is 0 Å². The molecule has 1 aliphatic carbocycles. The average molecular weight is 330 g/mol. The van der Waals surface area contributed by atoms with E-state index in [1.54, 1.807) is 6.92 Å². The number of aryl methyl sites for hydroxylation is 1. The number of halogens is 3. The van der Waals surface area contributed by atoms with Crippen molar-refractivity contribution in [3.8, 4) is 0 Å². The summed E-state index contributed by atoms with van der Waals surface area (Å²) in [5.41, 5.74) is -0.236. The van der Waals surface area contributed by atoms with Crippen LogP contribution < -0.4 is 0 Å². The van der Waals surface area contributed by atoms with Gasteiger partial charge in [0.1, 0.15) is 11.5 Å². The standard InChI is InChI=1S/C15H17F3N2OS/c1-10-12(2-3-13(19-10)15(16,17)18)22-20-6-4-14(5-7-20)8-11(21)9-14/h2-3H,4-9H2,1H3. The number of carbonyl (C=O) groups is 1. The lowest BCUT2D eigenvalue weighted by atomic mass is 9.63. The van der Waals surface area contributed by atoms with E-state index in [0.29, 0.717) is 24.3 Å². The quantitative estimate of drug-likeness (QED) is 0.771. The van der Waals surface area contributed by atoms with E-state index in [9.17, 15) is 18.0 Å². The van der Waals surface area contributed by atoms with Crippen LogP contribution in [0.4, 0.5) is 13.2 Å². The lowest BCUT2D eigenvalue weighted by molar-refractivity contribution is -0.141. The van der Waals surface area contributed by atoms with Crippen molar-refractivity contribution in [1.82, 2.24) is 9.29 Å². The van der Waals surface area contributed by atoms with Gasteiger partial charge in [0, 0.05) is 30.8 Å². The van der Waals surface area contributed by atoms with Gasteiger partial charge in [-0.2, -0.15) is 13.2 Å². The van der Waals surface area contributed by atoms with Gasteiger partial charge in [-0.3, -0.25) is 4.79 Å². The molecule has 1 aromatic heterocycles. The van der Waals surface area contributed by atoms with Crippen molar-refractivity contribution >= 4 is 17.7 Å². The zero-order valence-electron chi connectivity index (χ0n) is 12.2. The predicted octanol–water partition coefficient (Wildman–Crippen LogP) is 3.86. The first kappa shape index (κ1) is 15.8. The molecule has 1 saturated carbocycles. The average Bonchev–Trinajstić information content (AvgIpc) is 2.41. The van der Waals surface area contributed by atoms with Crippen LogP contribution in [-0.2, 0) is 11.0 Å². The molecule has 0 bridgehead atoms. The highest BCUT2D eigenvalue weighted by Gasteiger charge is 2.45. The lowest BCUT2D eigenvalue weighted by Gasteiger charge is -2.46. The number of aromatic nitrogens is 1. The monoisotopic (exact) mass is 330 g/mol. The molecular weight excluding hydrogens is 313 g/mol. The van der Waals surface area contributed by atoms with E-state index in [2.05, 4.69) is 9.29 Å². The van der Waals surface area contributed by atoms with E-state index in [4.69, 9.17) is 0 Å². The molecule has 3 rings (SSSR count). The molecule has 1 spiro atoms. The predicted molar refractivity (Wildman–Crippen MR) is 77.3 cm³/mol. The third-order valence-corrected chi connectivity index (χ3v) is 5.73. The number of Topliss-reactive ketones (excluding diaryl/α,β-unsaturated/α-hetero) is 1. The Kier molecular flexibility index (Phi) is 3.97. The van der Waals surface area contributed by atoms with Crippen LogP contribution in [0.25, 0.3) is 0 Å². The maximum atomic E-state index is 12.6. The van der Waals surface area contributed by atoms with Gasteiger partial charge in [0.2, 0.25) is 0 Å². The largest absolute Gasteiger partial charge is 0.433 e. The highest BCUT2D eigenvalue weighted by atomic mass is 32.2. The minimum atomic E-state index is -4.40. The number of hydrogen-bond donors (Lipinski definition) is 0. The molecule has 2 heterocycles. The summed E-state index contributed by atoms with van der Waals surface area (Å²) < 4.78 is 40.0. The van der Waals surface area contributed by atoms with Crippen LogP contribution in [0.5, 0.6) is 0 Å². The van der Waals surface area contributed by atoms with Crippen LogP contribution in [0.1, 0.15) is 37.1 Å². The summed E-state index contributed by atoms with van der Waals surface area (Å²) in [5.74, 6) is 0.351. The molecule has 3 nitrogen and oxygen atoms in total. The topological polar surface area (TPSA) is 33.2 Å². The van der Waals surface area contributed by atoms with Gasteiger partial charge in [-0.1, -0.05) is 0 Å². The second kappa shape index (κ2) is 5.53. The number of hydrogen-bond acceptors (Lipinski definition) is 4. The first-order chi connectivity index (χ1) is 10.3. The summed E-state index contributed by atoms with van der Waals surface area (Å²) in [6.45, 7) is 3.32. The Balaban J connectivity index is 1.61. The number of nitrogens with zero attached hydrogens (tertiary/aromatic N) is 2. The Morgan fingerprint density at radius 3 is 2.36 bits per heavy atom. The summed E-state index contributed by atoms with van der Waals surface area (Å²) in [5, 5.41) is 0. The molecule has 2 fully saturated rings. The van der Waals surface area contributed by atoms with E-state index in [-0.39, 0.29) is 5.41 Å². The van der Waals surface area contributed by atoms with Crippen LogP contribution in [0.2, 0.25) is 0 Å². The SMILES string of the molecule is Cc1nc(C(F)(F)F)ccc1SN1CCC2(CC1)CC(=O)C2. The summed E-state index contributed by atoms with van der Waals surface area (Å²) in [4.78, 5) is 15.6. The number of rotatable bonds is 2. The Morgan fingerprint density at radius 2 is 1.86 bits per heavy atom. The summed E-state index contributed by atoms with van der Waals surface area (Å²) in [7, 11) is 0. The Morgan fingerprint density at radius 1 is 1.23 bits per heavy atom. The zero-order valence-corrected chi connectivity index (χ0v) is 13.1. The molecule has 1 saturated heterocycles. The van der Waals surface area contributed by atoms with E-state index in [1.165, 1.54) is 18.0 Å². The van der Waals surface area contributed by atoms with Crippen molar-refractivity contribution in [2.75, 3.05) is 13.1 Å². The Hall–Kier alpha value is -1.08. The molecular formula is C15H17F3N2OS. The lowest BCUT2D eigenvalue weighted by Crippen LogP contribution is -2.45. The summed E-state index contributed by atoms with van der Waals surface area (Å²) in [6.07, 6.45) is -1.03. The van der Waals surface area contributed by atoms with E-state index < -0.39 is 11.9 Å². The van der Waals surface area contributed by atoms with Crippen molar-refractivity contribution < 1.29 is 18.0 Å². The van der Waals surface area contributed by atoms with Crippen molar-refractivity contribution in [3.63, 3.8) is 0 Å². The second-order valence-corrected chi connectivity index (χ2v) is 7.33. The fraction of sp³-hybridized carbons (Fsp3) is 0.600. The molecule has 1 aromatic rings. The van der Waals surface area contributed by atoms with Gasteiger partial charge >= 0.3 is 6.18 Å². The first-order valence-electron chi connectivity index (χ1n) is 7.27. The molecule has 0 atom stereocenters. The van der Waals surface area contributed by atoms with Crippen molar-refractivity contribution in [3.05, 3.63) is 23.5 Å². The van der Waals surface area contributed by atoms with Gasteiger partial charge in [0.15, 0.2) is 0 Å². The molecule has 1 aliphatic heterocycles. The van der Waals surface area contributed by atoms with Crippen LogP contribution in [0.15, 0.2) is 17.0 Å². The maximum absolute atomic E-state index is 12.6. The molecule has 2 aliphatic rings. The molecule has 7 heteroatoms. The summed E-state index contributed by atoms with van der Waals surface area (Å²) >= 11 is 1.47. The van der Waals surface area contributed by atoms with Crippen LogP contribution in [-0.4, -0.2) is 28.2 Å². The van der Waals surface area contributed by atoms with E-state index >= 15 is 0 Å². The van der Waals surface area contributed by atoms with Crippen molar-refractivity contribution in [2.45, 2.75) is 43.7 Å². The highest BCUT2D eigenvalue weighted by molar-refractivity contribution is 7.97. The Bertz CT molecular complexity index is 585. The third-order valence-electron chi connectivity index (χ3n) is 4.48. The fourth-order valence-corrected chi connectivity index (χ4v) is 4.08. The highest BCUT2D eigenvalue weighted by Crippen LogP contribution is 2.48. The minimum absolute atomic E-state index is 0.210.